The standard InChI is InChI=1S/C13H9F4NO4S/c1-22-10-3-2-6(4-9(10)19)18-23(20,21)13-8(15)5-7(14)11(16)12(13)17/h2-5,18-19H,1H3. The minimum absolute atomic E-state index is 0.0261. The number of anilines is 1. The Morgan fingerprint density at radius 2 is 1.70 bits per heavy atom. The monoisotopic (exact) mass is 351 g/mol. The van der Waals surface area contributed by atoms with Crippen LogP contribution in [-0.2, 0) is 10.0 Å². The summed E-state index contributed by atoms with van der Waals surface area (Å²) in [5.74, 6) is -8.39. The average Bonchev–Trinajstić information content (AvgIpc) is 2.44. The number of ether oxygens (including phenoxy) is 1. The number of aromatic hydroxyl groups is 1. The highest BCUT2D eigenvalue weighted by molar-refractivity contribution is 7.92. The number of nitrogens with one attached hydrogen (secondary N) is 1. The molecule has 0 fully saturated rings. The van der Waals surface area contributed by atoms with E-state index in [-0.39, 0.29) is 17.5 Å². The molecule has 2 rings (SSSR count). The predicted molar refractivity (Wildman–Crippen MR) is 71.7 cm³/mol. The summed E-state index contributed by atoms with van der Waals surface area (Å²) >= 11 is 0. The second-order valence-electron chi connectivity index (χ2n) is 4.29. The van der Waals surface area contributed by atoms with Crippen LogP contribution in [0, 0.1) is 23.3 Å². The lowest BCUT2D eigenvalue weighted by Gasteiger charge is -2.11. The zero-order valence-corrected chi connectivity index (χ0v) is 12.2. The van der Waals surface area contributed by atoms with Gasteiger partial charge in [0.15, 0.2) is 33.8 Å². The van der Waals surface area contributed by atoms with E-state index in [1.54, 1.807) is 4.72 Å². The molecule has 2 aromatic rings. The maximum atomic E-state index is 13.6. The van der Waals surface area contributed by atoms with Crippen molar-refractivity contribution < 1.29 is 35.8 Å². The van der Waals surface area contributed by atoms with Crippen LogP contribution in [0.4, 0.5) is 23.2 Å². The van der Waals surface area contributed by atoms with Crippen LogP contribution in [0.25, 0.3) is 0 Å². The van der Waals surface area contributed by atoms with Crippen LogP contribution in [0.1, 0.15) is 0 Å². The van der Waals surface area contributed by atoms with E-state index in [1.807, 2.05) is 0 Å². The Labute approximate surface area is 128 Å². The molecule has 0 saturated carbocycles. The number of sulfonamides is 1. The zero-order chi connectivity index (χ0) is 17.4. The van der Waals surface area contributed by atoms with Gasteiger partial charge in [-0.05, 0) is 12.1 Å². The van der Waals surface area contributed by atoms with Gasteiger partial charge in [-0.3, -0.25) is 4.72 Å². The van der Waals surface area contributed by atoms with Gasteiger partial charge in [-0.1, -0.05) is 0 Å². The van der Waals surface area contributed by atoms with Gasteiger partial charge in [0.05, 0.1) is 12.8 Å². The molecule has 0 aliphatic carbocycles. The number of hydrogen-bond acceptors (Lipinski definition) is 4. The minimum atomic E-state index is -4.91. The largest absolute Gasteiger partial charge is 0.504 e. The molecule has 0 bridgehead atoms. The average molecular weight is 351 g/mol. The first-order chi connectivity index (χ1) is 10.7. The number of benzene rings is 2. The molecule has 0 amide bonds. The van der Waals surface area contributed by atoms with Gasteiger partial charge in [0.1, 0.15) is 5.82 Å². The number of methoxy groups -OCH3 is 1. The molecule has 2 N–H and O–H groups in total. The topological polar surface area (TPSA) is 75.6 Å². The molecule has 0 atom stereocenters. The minimum Gasteiger partial charge on any atom is -0.504 e. The predicted octanol–water partition coefficient (Wildman–Crippen LogP) is 2.76. The molecular formula is C13H9F4NO4S. The molecule has 0 unspecified atom stereocenters. The maximum absolute atomic E-state index is 13.6. The van der Waals surface area contributed by atoms with Crippen LogP contribution in [0.2, 0.25) is 0 Å². The third kappa shape index (κ3) is 3.16. The third-order valence-electron chi connectivity index (χ3n) is 2.77. The summed E-state index contributed by atoms with van der Waals surface area (Å²) in [5.41, 5.74) is -0.271. The van der Waals surface area contributed by atoms with Crippen molar-refractivity contribution in [3.63, 3.8) is 0 Å². The Kier molecular flexibility index (Phi) is 4.37. The van der Waals surface area contributed by atoms with Gasteiger partial charge in [-0.25, -0.2) is 26.0 Å². The smallest absolute Gasteiger partial charge is 0.267 e. The second kappa shape index (κ2) is 5.95. The summed E-state index contributed by atoms with van der Waals surface area (Å²) in [6.07, 6.45) is 0. The van der Waals surface area contributed by atoms with Crippen molar-refractivity contribution in [1.82, 2.24) is 0 Å². The maximum Gasteiger partial charge on any atom is 0.267 e. The van der Waals surface area contributed by atoms with Crippen LogP contribution >= 0.6 is 0 Å². The van der Waals surface area contributed by atoms with E-state index < -0.39 is 43.9 Å². The Balaban J connectivity index is 2.48. The molecule has 2 aromatic carbocycles. The third-order valence-corrected chi connectivity index (χ3v) is 4.19. The first kappa shape index (κ1) is 16.9. The van der Waals surface area contributed by atoms with Gasteiger partial charge in [0.25, 0.3) is 10.0 Å². The van der Waals surface area contributed by atoms with Crippen LogP contribution in [0.5, 0.6) is 11.5 Å². The van der Waals surface area contributed by atoms with E-state index in [0.29, 0.717) is 0 Å². The highest BCUT2D eigenvalue weighted by atomic mass is 32.2. The number of halogens is 4. The Hall–Kier alpha value is -2.49. The number of hydrogen-bond donors (Lipinski definition) is 2. The van der Waals surface area contributed by atoms with E-state index >= 15 is 0 Å². The summed E-state index contributed by atoms with van der Waals surface area (Å²) in [6, 6.07) is 3.14. The number of phenols is 1. The summed E-state index contributed by atoms with van der Waals surface area (Å²) in [4.78, 5) is -1.67. The SMILES string of the molecule is COc1ccc(NS(=O)(=O)c2c(F)cc(F)c(F)c2F)cc1O. The summed E-state index contributed by atoms with van der Waals surface area (Å²) in [6.45, 7) is 0. The Morgan fingerprint density at radius 3 is 2.26 bits per heavy atom. The second-order valence-corrected chi connectivity index (χ2v) is 5.91. The van der Waals surface area contributed by atoms with Crippen molar-refractivity contribution in [2.45, 2.75) is 4.90 Å². The van der Waals surface area contributed by atoms with Gasteiger partial charge >= 0.3 is 0 Å². The van der Waals surface area contributed by atoms with Crippen LogP contribution < -0.4 is 9.46 Å². The van der Waals surface area contributed by atoms with E-state index in [0.717, 1.165) is 12.1 Å². The highest BCUT2D eigenvalue weighted by Crippen LogP contribution is 2.31. The molecule has 0 aliphatic rings. The summed E-state index contributed by atoms with van der Waals surface area (Å²) in [7, 11) is -3.65. The summed E-state index contributed by atoms with van der Waals surface area (Å²) < 4.78 is 83.6. The van der Waals surface area contributed by atoms with Gasteiger partial charge in [0.2, 0.25) is 0 Å². The first-order valence-electron chi connectivity index (χ1n) is 5.90. The lowest BCUT2D eigenvalue weighted by Crippen LogP contribution is -2.18. The van der Waals surface area contributed by atoms with E-state index in [4.69, 9.17) is 4.74 Å². The van der Waals surface area contributed by atoms with Crippen molar-refractivity contribution in [2.24, 2.45) is 0 Å². The van der Waals surface area contributed by atoms with E-state index in [2.05, 4.69) is 0 Å². The van der Waals surface area contributed by atoms with Crippen molar-refractivity contribution in [1.29, 1.82) is 0 Å². The lowest BCUT2D eigenvalue weighted by atomic mass is 10.3. The first-order valence-corrected chi connectivity index (χ1v) is 7.38. The van der Waals surface area contributed by atoms with Crippen molar-refractivity contribution in [2.75, 3.05) is 11.8 Å². The molecule has 0 saturated heterocycles. The molecule has 0 spiro atoms. The highest BCUT2D eigenvalue weighted by Gasteiger charge is 2.29. The van der Waals surface area contributed by atoms with E-state index in [1.165, 1.54) is 13.2 Å². The number of phenolic OH excluding ortho intramolecular Hbond substituents is 1. The fraction of sp³-hybridized carbons (Fsp3) is 0.0769. The molecular weight excluding hydrogens is 342 g/mol. The molecule has 0 aromatic heterocycles. The van der Waals surface area contributed by atoms with Crippen molar-refractivity contribution in [3.05, 3.63) is 47.5 Å². The Morgan fingerprint density at radius 1 is 1.04 bits per heavy atom. The molecule has 5 nitrogen and oxygen atoms in total. The molecule has 124 valence electrons. The Bertz CT molecular complexity index is 871. The number of rotatable bonds is 4. The van der Waals surface area contributed by atoms with Crippen molar-refractivity contribution >= 4 is 15.7 Å². The fourth-order valence-corrected chi connectivity index (χ4v) is 2.94. The molecule has 10 heteroatoms. The van der Waals surface area contributed by atoms with Gasteiger partial charge in [-0.15, -0.1) is 0 Å². The fourth-order valence-electron chi connectivity index (χ4n) is 1.76. The van der Waals surface area contributed by atoms with Crippen molar-refractivity contribution in [3.8, 4) is 11.5 Å². The van der Waals surface area contributed by atoms with Crippen LogP contribution in [-0.4, -0.2) is 20.6 Å². The summed E-state index contributed by atoms with van der Waals surface area (Å²) in [5, 5.41) is 9.53. The molecule has 0 heterocycles. The molecule has 23 heavy (non-hydrogen) atoms. The van der Waals surface area contributed by atoms with Crippen LogP contribution in [0.3, 0.4) is 0 Å². The van der Waals surface area contributed by atoms with E-state index in [9.17, 15) is 31.1 Å². The zero-order valence-electron chi connectivity index (χ0n) is 11.4. The molecule has 0 aliphatic heterocycles. The van der Waals surface area contributed by atoms with Gasteiger partial charge in [0, 0.05) is 12.1 Å². The molecule has 0 radical (unpaired) electrons. The van der Waals surface area contributed by atoms with Gasteiger partial charge in [-0.2, -0.15) is 0 Å². The van der Waals surface area contributed by atoms with Gasteiger partial charge < -0.3 is 9.84 Å². The normalized spacial score (nSPS) is 11.3. The quantitative estimate of drug-likeness (QED) is 0.505. The van der Waals surface area contributed by atoms with Crippen LogP contribution in [0.15, 0.2) is 29.2 Å². The lowest BCUT2D eigenvalue weighted by molar-refractivity contribution is 0.373.